The summed E-state index contributed by atoms with van der Waals surface area (Å²) in [5.74, 6) is -0.286. The molecule has 0 bridgehead atoms. The van der Waals surface area contributed by atoms with Crippen molar-refractivity contribution >= 4 is 11.7 Å². The van der Waals surface area contributed by atoms with E-state index in [1.807, 2.05) is 4.90 Å². The third-order valence-corrected chi connectivity index (χ3v) is 5.24. The molecule has 5 heteroatoms. The van der Waals surface area contributed by atoms with Gasteiger partial charge in [-0.15, -0.1) is 0 Å². The van der Waals surface area contributed by atoms with Crippen molar-refractivity contribution in [3.05, 3.63) is 65.0 Å². The van der Waals surface area contributed by atoms with E-state index in [4.69, 9.17) is 0 Å². The molecule has 1 N–H and O–H groups in total. The number of amides is 2. The van der Waals surface area contributed by atoms with Crippen LogP contribution >= 0.6 is 0 Å². The maximum absolute atomic E-state index is 13.7. The van der Waals surface area contributed by atoms with Gasteiger partial charge in [0, 0.05) is 44.0 Å². The standard InChI is InChI=1S/C22H28FN3O/c1-3-17-9-7-10-18(4-2)21(17)25-12-14-26(15-13-25)22(27)24-16-19-8-5-6-11-20(19)23/h5-11H,3-4,12-16H2,1-2H3,(H,24,27). The zero-order valence-corrected chi connectivity index (χ0v) is 16.2. The Hall–Kier alpha value is -2.56. The molecule has 3 rings (SSSR count). The Balaban J connectivity index is 1.59. The van der Waals surface area contributed by atoms with Crippen LogP contribution in [0.25, 0.3) is 0 Å². The number of hydrogen-bond donors (Lipinski definition) is 1. The molecular weight excluding hydrogens is 341 g/mol. The van der Waals surface area contributed by atoms with E-state index in [-0.39, 0.29) is 18.4 Å². The Morgan fingerprint density at radius 2 is 1.52 bits per heavy atom. The van der Waals surface area contributed by atoms with Crippen molar-refractivity contribution < 1.29 is 9.18 Å². The zero-order valence-electron chi connectivity index (χ0n) is 16.2. The van der Waals surface area contributed by atoms with Gasteiger partial charge in [-0.25, -0.2) is 9.18 Å². The molecule has 0 saturated carbocycles. The van der Waals surface area contributed by atoms with E-state index in [2.05, 4.69) is 42.3 Å². The van der Waals surface area contributed by atoms with Gasteiger partial charge in [-0.2, -0.15) is 0 Å². The molecule has 1 heterocycles. The number of para-hydroxylation sites is 1. The highest BCUT2D eigenvalue weighted by molar-refractivity contribution is 5.74. The van der Waals surface area contributed by atoms with Gasteiger partial charge in [0.25, 0.3) is 0 Å². The molecule has 2 aromatic carbocycles. The summed E-state index contributed by atoms with van der Waals surface area (Å²) in [5.41, 5.74) is 4.58. The lowest BCUT2D eigenvalue weighted by Gasteiger charge is -2.38. The third-order valence-electron chi connectivity index (χ3n) is 5.24. The minimum Gasteiger partial charge on any atom is -0.368 e. The normalized spacial score (nSPS) is 14.3. The molecule has 0 spiro atoms. The van der Waals surface area contributed by atoms with Gasteiger partial charge >= 0.3 is 6.03 Å². The highest BCUT2D eigenvalue weighted by Gasteiger charge is 2.23. The van der Waals surface area contributed by atoms with E-state index >= 15 is 0 Å². The Labute approximate surface area is 161 Å². The van der Waals surface area contributed by atoms with Crippen molar-refractivity contribution in [3.8, 4) is 0 Å². The number of benzene rings is 2. The van der Waals surface area contributed by atoms with Gasteiger partial charge in [-0.1, -0.05) is 50.2 Å². The molecule has 0 atom stereocenters. The molecule has 1 aliphatic rings. The Kier molecular flexibility index (Phi) is 6.32. The van der Waals surface area contributed by atoms with Crippen LogP contribution in [0.3, 0.4) is 0 Å². The highest BCUT2D eigenvalue weighted by atomic mass is 19.1. The number of rotatable bonds is 5. The summed E-state index contributed by atoms with van der Waals surface area (Å²) in [6, 6.07) is 12.9. The average Bonchev–Trinajstić information content (AvgIpc) is 2.72. The minimum atomic E-state index is -0.286. The van der Waals surface area contributed by atoms with Gasteiger partial charge in [0.1, 0.15) is 5.82 Å². The van der Waals surface area contributed by atoms with Crippen LogP contribution in [-0.4, -0.2) is 37.1 Å². The van der Waals surface area contributed by atoms with Crippen LogP contribution < -0.4 is 10.2 Å². The fourth-order valence-corrected chi connectivity index (χ4v) is 3.68. The van der Waals surface area contributed by atoms with Gasteiger partial charge in [-0.3, -0.25) is 0 Å². The van der Waals surface area contributed by atoms with Crippen LogP contribution in [-0.2, 0) is 19.4 Å². The first-order chi connectivity index (χ1) is 13.1. The Bertz CT molecular complexity index is 763. The van der Waals surface area contributed by atoms with Crippen LogP contribution in [0.4, 0.5) is 14.9 Å². The van der Waals surface area contributed by atoms with E-state index < -0.39 is 0 Å². The average molecular weight is 369 g/mol. The van der Waals surface area contributed by atoms with Gasteiger partial charge in [-0.05, 0) is 30.0 Å². The van der Waals surface area contributed by atoms with Gasteiger partial charge in [0.15, 0.2) is 0 Å². The first kappa shape index (κ1) is 19.2. The molecule has 0 radical (unpaired) electrons. The maximum Gasteiger partial charge on any atom is 0.317 e. The van der Waals surface area contributed by atoms with Crippen molar-refractivity contribution in [3.63, 3.8) is 0 Å². The molecule has 144 valence electrons. The van der Waals surface area contributed by atoms with E-state index in [0.717, 1.165) is 25.9 Å². The fourth-order valence-electron chi connectivity index (χ4n) is 3.68. The molecule has 4 nitrogen and oxygen atoms in total. The number of piperazine rings is 1. The van der Waals surface area contributed by atoms with Gasteiger partial charge < -0.3 is 15.1 Å². The molecular formula is C22H28FN3O. The van der Waals surface area contributed by atoms with Crippen LogP contribution in [0.2, 0.25) is 0 Å². The number of halogens is 1. The number of urea groups is 1. The van der Waals surface area contributed by atoms with E-state index in [0.29, 0.717) is 18.7 Å². The predicted molar refractivity (Wildman–Crippen MR) is 108 cm³/mol. The summed E-state index contributed by atoms with van der Waals surface area (Å²) in [6.45, 7) is 7.56. The second-order valence-corrected chi connectivity index (χ2v) is 6.86. The molecule has 2 aromatic rings. The molecule has 27 heavy (non-hydrogen) atoms. The zero-order chi connectivity index (χ0) is 19.2. The van der Waals surface area contributed by atoms with Crippen molar-refractivity contribution in [2.75, 3.05) is 31.1 Å². The van der Waals surface area contributed by atoms with Crippen LogP contribution in [0.1, 0.15) is 30.5 Å². The lowest BCUT2D eigenvalue weighted by atomic mass is 10.0. The van der Waals surface area contributed by atoms with Crippen molar-refractivity contribution in [1.29, 1.82) is 0 Å². The molecule has 1 aliphatic heterocycles. The molecule has 0 aromatic heterocycles. The molecule has 2 amide bonds. The quantitative estimate of drug-likeness (QED) is 0.865. The van der Waals surface area contributed by atoms with Crippen LogP contribution in [0.5, 0.6) is 0 Å². The lowest BCUT2D eigenvalue weighted by Crippen LogP contribution is -2.52. The summed E-state index contributed by atoms with van der Waals surface area (Å²) in [4.78, 5) is 16.7. The number of carbonyl (C=O) groups excluding carboxylic acids is 1. The fraction of sp³-hybridized carbons (Fsp3) is 0.409. The Morgan fingerprint density at radius 1 is 0.926 bits per heavy atom. The molecule has 1 fully saturated rings. The number of anilines is 1. The van der Waals surface area contributed by atoms with Gasteiger partial charge in [0.05, 0.1) is 0 Å². The maximum atomic E-state index is 13.7. The number of hydrogen-bond acceptors (Lipinski definition) is 2. The molecule has 1 saturated heterocycles. The smallest absolute Gasteiger partial charge is 0.317 e. The number of carbonyl (C=O) groups is 1. The van der Waals surface area contributed by atoms with Crippen molar-refractivity contribution in [1.82, 2.24) is 10.2 Å². The van der Waals surface area contributed by atoms with Crippen LogP contribution in [0.15, 0.2) is 42.5 Å². The predicted octanol–water partition coefficient (Wildman–Crippen LogP) is 3.98. The third kappa shape index (κ3) is 4.41. The summed E-state index contributed by atoms with van der Waals surface area (Å²) in [7, 11) is 0. The van der Waals surface area contributed by atoms with Gasteiger partial charge in [0.2, 0.25) is 0 Å². The van der Waals surface area contributed by atoms with E-state index in [1.165, 1.54) is 22.9 Å². The number of nitrogens with one attached hydrogen (secondary N) is 1. The summed E-state index contributed by atoms with van der Waals surface area (Å²) < 4.78 is 13.7. The largest absolute Gasteiger partial charge is 0.368 e. The lowest BCUT2D eigenvalue weighted by molar-refractivity contribution is 0.194. The van der Waals surface area contributed by atoms with E-state index in [9.17, 15) is 9.18 Å². The second-order valence-electron chi connectivity index (χ2n) is 6.86. The first-order valence-corrected chi connectivity index (χ1v) is 9.76. The van der Waals surface area contributed by atoms with E-state index in [1.54, 1.807) is 18.2 Å². The second kappa shape index (κ2) is 8.89. The Morgan fingerprint density at radius 3 is 2.11 bits per heavy atom. The number of aryl methyl sites for hydroxylation is 2. The SMILES string of the molecule is CCc1cccc(CC)c1N1CCN(C(=O)NCc2ccccc2F)CC1. The molecule has 0 aliphatic carbocycles. The first-order valence-electron chi connectivity index (χ1n) is 9.76. The monoisotopic (exact) mass is 369 g/mol. The van der Waals surface area contributed by atoms with Crippen molar-refractivity contribution in [2.24, 2.45) is 0 Å². The highest BCUT2D eigenvalue weighted by Crippen LogP contribution is 2.28. The summed E-state index contributed by atoms with van der Waals surface area (Å²) in [5, 5.41) is 2.84. The van der Waals surface area contributed by atoms with Crippen LogP contribution in [0, 0.1) is 5.82 Å². The minimum absolute atomic E-state index is 0.127. The topological polar surface area (TPSA) is 35.6 Å². The summed E-state index contributed by atoms with van der Waals surface area (Å²) >= 11 is 0. The molecule has 0 unspecified atom stereocenters. The summed E-state index contributed by atoms with van der Waals surface area (Å²) in [6.07, 6.45) is 2.01. The number of nitrogens with zero attached hydrogens (tertiary/aromatic N) is 2. The van der Waals surface area contributed by atoms with Crippen molar-refractivity contribution in [2.45, 2.75) is 33.2 Å².